The lowest BCUT2D eigenvalue weighted by molar-refractivity contribution is 0.197. The van der Waals surface area contributed by atoms with Gasteiger partial charge in [-0.1, -0.05) is 91.1 Å². The fraction of sp³-hybridized carbons (Fsp3) is 0.900. The molecule has 0 saturated heterocycles. The lowest BCUT2D eigenvalue weighted by Crippen LogP contribution is -2.35. The molecule has 0 bridgehead atoms. The van der Waals surface area contributed by atoms with E-state index in [9.17, 15) is 0 Å². The van der Waals surface area contributed by atoms with E-state index in [0.29, 0.717) is 0 Å². The van der Waals surface area contributed by atoms with Gasteiger partial charge in [0.15, 0.2) is 0 Å². The summed E-state index contributed by atoms with van der Waals surface area (Å²) in [6.07, 6.45) is 18.9. The molecule has 0 aromatic carbocycles. The molecule has 0 aromatic heterocycles. The van der Waals surface area contributed by atoms with Crippen molar-refractivity contribution in [3.05, 3.63) is 12.7 Å². The van der Waals surface area contributed by atoms with E-state index in [1.165, 1.54) is 83.6 Å². The fourth-order valence-corrected chi connectivity index (χ4v) is 3.18. The van der Waals surface area contributed by atoms with Gasteiger partial charge in [0, 0.05) is 12.6 Å². The molecule has 21 heavy (non-hydrogen) atoms. The van der Waals surface area contributed by atoms with Crippen molar-refractivity contribution >= 4 is 0 Å². The summed E-state index contributed by atoms with van der Waals surface area (Å²) in [5.41, 5.74) is 0. The van der Waals surface area contributed by atoms with E-state index in [1.54, 1.807) is 0 Å². The van der Waals surface area contributed by atoms with E-state index in [0.717, 1.165) is 12.6 Å². The van der Waals surface area contributed by atoms with Gasteiger partial charge in [0.1, 0.15) is 0 Å². The van der Waals surface area contributed by atoms with E-state index in [1.807, 2.05) is 0 Å². The van der Waals surface area contributed by atoms with Crippen molar-refractivity contribution in [2.75, 3.05) is 13.1 Å². The zero-order valence-electron chi connectivity index (χ0n) is 15.2. The van der Waals surface area contributed by atoms with Crippen LogP contribution < -0.4 is 0 Å². The number of likely N-dealkylation sites (N-methyl/N-ethyl adjacent to an activating group) is 1. The highest BCUT2D eigenvalue weighted by Crippen LogP contribution is 2.18. The smallest absolute Gasteiger partial charge is 0.0163 e. The van der Waals surface area contributed by atoms with Crippen molar-refractivity contribution in [3.63, 3.8) is 0 Å². The van der Waals surface area contributed by atoms with E-state index in [4.69, 9.17) is 0 Å². The van der Waals surface area contributed by atoms with Crippen LogP contribution in [0, 0.1) is 0 Å². The van der Waals surface area contributed by atoms with Crippen molar-refractivity contribution in [2.24, 2.45) is 0 Å². The molecule has 0 atom stereocenters. The molecule has 0 rings (SSSR count). The molecular weight excluding hydrogens is 254 g/mol. The van der Waals surface area contributed by atoms with Gasteiger partial charge in [-0.3, -0.25) is 4.90 Å². The van der Waals surface area contributed by atoms with E-state index < -0.39 is 0 Å². The molecule has 0 amide bonds. The Bertz CT molecular complexity index is 198. The highest BCUT2D eigenvalue weighted by molar-refractivity contribution is 4.79. The predicted octanol–water partition coefficient (Wildman–Crippen LogP) is 6.58. The van der Waals surface area contributed by atoms with Crippen LogP contribution in [-0.2, 0) is 0 Å². The highest BCUT2D eigenvalue weighted by Gasteiger charge is 2.15. The Balaban J connectivity index is 4.04. The molecule has 0 fully saturated rings. The minimum atomic E-state index is 0.788. The number of rotatable bonds is 16. The Kier molecular flexibility index (Phi) is 15.8. The molecule has 126 valence electrons. The van der Waals surface area contributed by atoms with Gasteiger partial charge in [0.2, 0.25) is 0 Å². The maximum absolute atomic E-state index is 3.93. The molecular formula is C20H41N. The van der Waals surface area contributed by atoms with Gasteiger partial charge in [0.25, 0.3) is 0 Å². The van der Waals surface area contributed by atoms with Crippen molar-refractivity contribution in [1.29, 1.82) is 0 Å². The normalized spacial score (nSPS) is 11.5. The number of hydrogen-bond donors (Lipinski definition) is 0. The molecule has 0 aliphatic rings. The molecule has 0 spiro atoms. The topological polar surface area (TPSA) is 3.24 Å². The zero-order valence-corrected chi connectivity index (χ0v) is 15.2. The summed E-state index contributed by atoms with van der Waals surface area (Å²) in [5, 5.41) is 0. The van der Waals surface area contributed by atoms with Gasteiger partial charge in [-0.15, -0.1) is 6.58 Å². The highest BCUT2D eigenvalue weighted by atomic mass is 15.1. The summed E-state index contributed by atoms with van der Waals surface area (Å²) in [6, 6.07) is 0.788. The molecule has 0 N–H and O–H groups in total. The van der Waals surface area contributed by atoms with Crippen molar-refractivity contribution in [3.8, 4) is 0 Å². The van der Waals surface area contributed by atoms with Crippen LogP contribution in [0.15, 0.2) is 12.7 Å². The molecule has 0 aliphatic carbocycles. The molecule has 0 unspecified atom stereocenters. The summed E-state index contributed by atoms with van der Waals surface area (Å²) in [5.74, 6) is 0. The van der Waals surface area contributed by atoms with Crippen molar-refractivity contribution in [2.45, 2.75) is 104 Å². The maximum atomic E-state index is 3.93. The largest absolute Gasteiger partial charge is 0.297 e. The van der Waals surface area contributed by atoms with Crippen LogP contribution in [0.25, 0.3) is 0 Å². The van der Waals surface area contributed by atoms with Crippen LogP contribution >= 0.6 is 0 Å². The Morgan fingerprint density at radius 2 is 1.24 bits per heavy atom. The zero-order chi connectivity index (χ0) is 15.8. The van der Waals surface area contributed by atoms with Crippen molar-refractivity contribution < 1.29 is 0 Å². The van der Waals surface area contributed by atoms with Crippen molar-refractivity contribution in [1.82, 2.24) is 4.90 Å². The van der Waals surface area contributed by atoms with Crippen LogP contribution in [0.3, 0.4) is 0 Å². The first-order valence-electron chi connectivity index (χ1n) is 9.64. The third-order valence-electron chi connectivity index (χ3n) is 4.57. The summed E-state index contributed by atoms with van der Waals surface area (Å²) >= 11 is 0. The lowest BCUT2D eigenvalue weighted by atomic mass is 9.99. The van der Waals surface area contributed by atoms with Gasteiger partial charge in [0.05, 0.1) is 0 Å². The summed E-state index contributed by atoms with van der Waals surface area (Å²) in [6.45, 7) is 13.0. The third-order valence-corrected chi connectivity index (χ3v) is 4.57. The quantitative estimate of drug-likeness (QED) is 0.229. The van der Waals surface area contributed by atoms with Gasteiger partial charge in [-0.25, -0.2) is 0 Å². The van der Waals surface area contributed by atoms with Gasteiger partial charge in [-0.05, 0) is 19.4 Å². The fourth-order valence-electron chi connectivity index (χ4n) is 3.18. The minimum absolute atomic E-state index is 0.788. The average molecular weight is 296 g/mol. The van der Waals surface area contributed by atoms with E-state index in [2.05, 4.69) is 38.3 Å². The first kappa shape index (κ1) is 20.7. The molecule has 1 heteroatoms. The Morgan fingerprint density at radius 3 is 1.62 bits per heavy atom. The van der Waals surface area contributed by atoms with E-state index in [-0.39, 0.29) is 0 Å². The number of nitrogens with zero attached hydrogens (tertiary/aromatic N) is 1. The standard InChI is InChI=1S/C20H41N/c1-5-9-11-13-15-17-20(21(8-4)19-7-3)18-16-14-12-10-6-2/h7,20H,3,5-6,8-19H2,1-2,4H3. The molecule has 1 nitrogen and oxygen atoms in total. The monoisotopic (exact) mass is 295 g/mol. The van der Waals surface area contributed by atoms with Crippen LogP contribution in [0.1, 0.15) is 97.8 Å². The summed E-state index contributed by atoms with van der Waals surface area (Å²) in [4.78, 5) is 2.63. The van der Waals surface area contributed by atoms with Gasteiger partial charge < -0.3 is 0 Å². The Morgan fingerprint density at radius 1 is 0.762 bits per heavy atom. The van der Waals surface area contributed by atoms with Gasteiger partial charge in [-0.2, -0.15) is 0 Å². The molecule has 0 aromatic rings. The van der Waals surface area contributed by atoms with Crippen LogP contribution in [0.4, 0.5) is 0 Å². The average Bonchev–Trinajstić information content (AvgIpc) is 2.50. The van der Waals surface area contributed by atoms with Crippen LogP contribution in [0.5, 0.6) is 0 Å². The second-order valence-corrected chi connectivity index (χ2v) is 6.44. The summed E-state index contributed by atoms with van der Waals surface area (Å²) < 4.78 is 0. The van der Waals surface area contributed by atoms with Crippen LogP contribution in [-0.4, -0.2) is 24.0 Å². The van der Waals surface area contributed by atoms with Crippen LogP contribution in [0.2, 0.25) is 0 Å². The number of unbranched alkanes of at least 4 members (excludes halogenated alkanes) is 8. The number of hydrogen-bond acceptors (Lipinski definition) is 1. The second-order valence-electron chi connectivity index (χ2n) is 6.44. The molecule has 0 radical (unpaired) electrons. The Hall–Kier alpha value is -0.300. The summed E-state index contributed by atoms with van der Waals surface area (Å²) in [7, 11) is 0. The van der Waals surface area contributed by atoms with Gasteiger partial charge >= 0.3 is 0 Å². The first-order valence-corrected chi connectivity index (χ1v) is 9.64. The molecule has 0 saturated carbocycles. The second kappa shape index (κ2) is 16.1. The van der Waals surface area contributed by atoms with E-state index >= 15 is 0 Å². The lowest BCUT2D eigenvalue weighted by Gasteiger charge is -2.30. The molecule has 0 aliphatic heterocycles. The predicted molar refractivity (Wildman–Crippen MR) is 98.0 cm³/mol. The first-order chi connectivity index (χ1) is 10.3. The molecule has 0 heterocycles. The third kappa shape index (κ3) is 12.0. The Labute approximate surface area is 135 Å². The maximum Gasteiger partial charge on any atom is 0.0163 e. The SMILES string of the molecule is C=CCN(CC)C(CCCCCCC)CCCCCCC. The minimum Gasteiger partial charge on any atom is -0.297 e.